The van der Waals surface area contributed by atoms with E-state index in [4.69, 9.17) is 17.2 Å². The molecule has 0 aliphatic rings. The highest BCUT2D eigenvalue weighted by Gasteiger charge is 2.06. The molecule has 6 heteroatoms. The van der Waals surface area contributed by atoms with Gasteiger partial charge in [-0.2, -0.15) is 4.99 Å². The minimum atomic E-state index is -0.402. The van der Waals surface area contributed by atoms with Crippen LogP contribution in [0.4, 0.5) is 0 Å². The van der Waals surface area contributed by atoms with Crippen molar-refractivity contribution in [3.63, 3.8) is 0 Å². The SMILES string of the molecule is C=CC(CN)=N/C(C(=C)N)=C(\O)N=C(C)N. The van der Waals surface area contributed by atoms with Crippen LogP contribution in [0.2, 0.25) is 0 Å². The Labute approximate surface area is 94.6 Å². The first-order valence-corrected chi connectivity index (χ1v) is 4.51. The standard InChI is InChI=1S/C10H17N5O/c1-4-8(5-11)15-9(6(2)12)10(16)14-7(3)13/h4,16H,1-2,5,11-12H2,3H3,(H2,13,14)/b10-9-,15-8?. The fourth-order valence-corrected chi connectivity index (χ4v) is 0.804. The van der Waals surface area contributed by atoms with Gasteiger partial charge in [-0.3, -0.25) is 0 Å². The maximum atomic E-state index is 9.58. The third-order valence-corrected chi connectivity index (χ3v) is 1.50. The van der Waals surface area contributed by atoms with E-state index in [0.29, 0.717) is 5.71 Å². The average molecular weight is 223 g/mol. The Kier molecular flexibility index (Phi) is 5.58. The summed E-state index contributed by atoms with van der Waals surface area (Å²) in [6.07, 6.45) is 1.45. The molecule has 0 radical (unpaired) electrons. The molecular formula is C10H17N5O. The number of nitrogens with zero attached hydrogens (tertiary/aromatic N) is 2. The van der Waals surface area contributed by atoms with E-state index in [-0.39, 0.29) is 23.8 Å². The quantitative estimate of drug-likeness (QED) is 0.229. The third-order valence-electron chi connectivity index (χ3n) is 1.50. The summed E-state index contributed by atoms with van der Waals surface area (Å²) in [5, 5.41) is 9.58. The Hall–Kier alpha value is -2.08. The molecule has 0 spiro atoms. The highest BCUT2D eigenvalue weighted by Crippen LogP contribution is 2.11. The van der Waals surface area contributed by atoms with Crippen LogP contribution in [0.15, 0.2) is 46.5 Å². The molecule has 0 aromatic carbocycles. The van der Waals surface area contributed by atoms with Gasteiger partial charge in [0, 0.05) is 6.54 Å². The summed E-state index contributed by atoms with van der Waals surface area (Å²) in [5.41, 5.74) is 16.7. The van der Waals surface area contributed by atoms with E-state index in [2.05, 4.69) is 23.1 Å². The third kappa shape index (κ3) is 4.43. The monoisotopic (exact) mass is 223 g/mol. The molecule has 0 aliphatic heterocycles. The Morgan fingerprint density at radius 2 is 1.94 bits per heavy atom. The van der Waals surface area contributed by atoms with Crippen molar-refractivity contribution in [2.24, 2.45) is 27.2 Å². The predicted octanol–water partition coefficient (Wildman–Crippen LogP) is 0.149. The lowest BCUT2D eigenvalue weighted by atomic mass is 10.3. The first kappa shape index (κ1) is 13.9. The van der Waals surface area contributed by atoms with E-state index in [1.54, 1.807) is 0 Å². The van der Waals surface area contributed by atoms with Crippen molar-refractivity contribution < 1.29 is 5.11 Å². The van der Waals surface area contributed by atoms with Crippen LogP contribution in [-0.4, -0.2) is 23.2 Å². The van der Waals surface area contributed by atoms with Gasteiger partial charge < -0.3 is 22.3 Å². The number of nitrogens with two attached hydrogens (primary N) is 3. The zero-order chi connectivity index (χ0) is 12.7. The molecule has 0 atom stereocenters. The summed E-state index contributed by atoms with van der Waals surface area (Å²) in [7, 11) is 0. The van der Waals surface area contributed by atoms with Gasteiger partial charge in [-0.05, 0) is 13.0 Å². The molecule has 0 amide bonds. The van der Waals surface area contributed by atoms with E-state index in [1.165, 1.54) is 13.0 Å². The summed E-state index contributed by atoms with van der Waals surface area (Å²) in [4.78, 5) is 7.61. The Balaban J connectivity index is 5.49. The molecule has 0 unspecified atom stereocenters. The van der Waals surface area contributed by atoms with Crippen molar-refractivity contribution in [2.75, 3.05) is 6.54 Å². The minimum Gasteiger partial charge on any atom is -0.492 e. The minimum absolute atomic E-state index is 0.0325. The molecule has 0 heterocycles. The molecule has 0 saturated heterocycles. The zero-order valence-electron chi connectivity index (χ0n) is 9.27. The smallest absolute Gasteiger partial charge is 0.241 e. The van der Waals surface area contributed by atoms with Gasteiger partial charge in [0.15, 0.2) is 0 Å². The van der Waals surface area contributed by atoms with Crippen molar-refractivity contribution in [3.05, 3.63) is 36.5 Å². The summed E-state index contributed by atoms with van der Waals surface area (Å²) >= 11 is 0. The van der Waals surface area contributed by atoms with E-state index in [9.17, 15) is 5.11 Å². The maximum absolute atomic E-state index is 9.58. The fraction of sp³-hybridized carbons (Fsp3) is 0.200. The first-order chi connectivity index (χ1) is 7.42. The number of hydrogen-bond donors (Lipinski definition) is 4. The maximum Gasteiger partial charge on any atom is 0.241 e. The number of aliphatic imine (C=N–C) groups is 2. The van der Waals surface area contributed by atoms with Crippen molar-refractivity contribution in [2.45, 2.75) is 6.92 Å². The van der Waals surface area contributed by atoms with Crippen LogP contribution in [0.25, 0.3) is 0 Å². The Morgan fingerprint density at radius 3 is 2.25 bits per heavy atom. The number of rotatable bonds is 5. The highest BCUT2D eigenvalue weighted by molar-refractivity contribution is 5.97. The van der Waals surface area contributed by atoms with Gasteiger partial charge in [-0.15, -0.1) is 0 Å². The molecule has 88 valence electrons. The van der Waals surface area contributed by atoms with Crippen molar-refractivity contribution >= 4 is 11.5 Å². The van der Waals surface area contributed by atoms with Gasteiger partial charge in [0.2, 0.25) is 5.88 Å². The molecule has 7 N–H and O–H groups in total. The first-order valence-electron chi connectivity index (χ1n) is 4.51. The molecule has 16 heavy (non-hydrogen) atoms. The highest BCUT2D eigenvalue weighted by atomic mass is 16.3. The number of aliphatic hydroxyl groups is 1. The topological polar surface area (TPSA) is 123 Å². The van der Waals surface area contributed by atoms with Gasteiger partial charge in [-0.25, -0.2) is 4.99 Å². The molecule has 0 aromatic heterocycles. The molecule has 6 nitrogen and oxygen atoms in total. The number of hydrogen-bond acceptors (Lipinski definition) is 5. The molecular weight excluding hydrogens is 206 g/mol. The molecule has 0 aromatic rings. The van der Waals surface area contributed by atoms with Crippen LogP contribution in [0.3, 0.4) is 0 Å². The van der Waals surface area contributed by atoms with Gasteiger partial charge in [0.05, 0.1) is 17.2 Å². The second-order valence-corrected chi connectivity index (χ2v) is 2.96. The lowest BCUT2D eigenvalue weighted by Crippen LogP contribution is -2.13. The normalized spacial score (nSPS) is 14.4. The molecule has 0 fully saturated rings. The van der Waals surface area contributed by atoms with Crippen LogP contribution in [-0.2, 0) is 0 Å². The molecule has 0 saturated carbocycles. The van der Waals surface area contributed by atoms with Crippen LogP contribution in [0.1, 0.15) is 6.92 Å². The lowest BCUT2D eigenvalue weighted by molar-refractivity contribution is 0.400. The second kappa shape index (κ2) is 6.41. The summed E-state index contributed by atoms with van der Waals surface area (Å²) < 4.78 is 0. The van der Waals surface area contributed by atoms with E-state index >= 15 is 0 Å². The van der Waals surface area contributed by atoms with Gasteiger partial charge >= 0.3 is 0 Å². The average Bonchev–Trinajstić information content (AvgIpc) is 2.17. The zero-order valence-corrected chi connectivity index (χ0v) is 9.27. The van der Waals surface area contributed by atoms with Gasteiger partial charge in [-0.1, -0.05) is 13.2 Å². The van der Waals surface area contributed by atoms with Crippen LogP contribution < -0.4 is 17.2 Å². The second-order valence-electron chi connectivity index (χ2n) is 2.96. The van der Waals surface area contributed by atoms with Crippen molar-refractivity contribution in [3.8, 4) is 0 Å². The number of aliphatic hydroxyl groups excluding tert-OH is 1. The summed E-state index contributed by atoms with van der Waals surface area (Å²) in [6, 6.07) is 0. The van der Waals surface area contributed by atoms with Gasteiger partial charge in [0.1, 0.15) is 5.70 Å². The van der Waals surface area contributed by atoms with Crippen LogP contribution >= 0.6 is 0 Å². The lowest BCUT2D eigenvalue weighted by Gasteiger charge is -2.04. The summed E-state index contributed by atoms with van der Waals surface area (Å²) in [6.45, 7) is 8.68. The fourth-order valence-electron chi connectivity index (χ4n) is 0.804. The largest absolute Gasteiger partial charge is 0.492 e. The van der Waals surface area contributed by atoms with Crippen LogP contribution in [0, 0.1) is 0 Å². The summed E-state index contributed by atoms with van der Waals surface area (Å²) in [5.74, 6) is -0.223. The molecule has 0 rings (SSSR count). The molecule has 0 aliphatic carbocycles. The van der Waals surface area contributed by atoms with Crippen LogP contribution in [0.5, 0.6) is 0 Å². The molecule has 0 bridgehead atoms. The van der Waals surface area contributed by atoms with E-state index in [1.807, 2.05) is 0 Å². The number of amidine groups is 1. The van der Waals surface area contributed by atoms with E-state index in [0.717, 1.165) is 0 Å². The predicted molar refractivity (Wildman–Crippen MR) is 67.0 cm³/mol. The van der Waals surface area contributed by atoms with E-state index < -0.39 is 5.88 Å². The Morgan fingerprint density at radius 1 is 1.38 bits per heavy atom. The van der Waals surface area contributed by atoms with Gasteiger partial charge in [0.25, 0.3) is 0 Å². The Bertz CT molecular complexity index is 375. The van der Waals surface area contributed by atoms with Crippen molar-refractivity contribution in [1.82, 2.24) is 0 Å². The van der Waals surface area contributed by atoms with Crippen molar-refractivity contribution in [1.29, 1.82) is 0 Å².